The highest BCUT2D eigenvalue weighted by Crippen LogP contribution is 2.50. The second-order valence-electron chi connectivity index (χ2n) is 2.92. The van der Waals surface area contributed by atoms with Crippen LogP contribution in [0.5, 0.6) is 5.75 Å². The van der Waals surface area contributed by atoms with Gasteiger partial charge >= 0.3 is 13.9 Å². The molecule has 1 saturated heterocycles. The van der Waals surface area contributed by atoms with Crippen LogP contribution in [0.3, 0.4) is 0 Å². The third-order valence-electron chi connectivity index (χ3n) is 1.70. The highest BCUT2D eigenvalue weighted by molar-refractivity contribution is 7.52. The molecule has 7 heteroatoms. The molecule has 1 unspecified atom stereocenters. The van der Waals surface area contributed by atoms with Crippen molar-refractivity contribution in [3.63, 3.8) is 0 Å². The number of rotatable bonds is 3. The second kappa shape index (κ2) is 4.53. The Labute approximate surface area is 91.5 Å². The monoisotopic (exact) mass is 245 g/mol. The topological polar surface area (TPSA) is 57.1 Å². The lowest BCUT2D eigenvalue weighted by Gasteiger charge is -2.06. The average molecular weight is 245 g/mol. The lowest BCUT2D eigenvalue weighted by molar-refractivity contribution is 0.335. The molecule has 1 heterocycles. The molecule has 16 heavy (non-hydrogen) atoms. The molecule has 1 aromatic rings. The van der Waals surface area contributed by atoms with Crippen LogP contribution < -0.4 is 4.52 Å². The van der Waals surface area contributed by atoms with Crippen molar-refractivity contribution in [3.05, 3.63) is 30.3 Å². The van der Waals surface area contributed by atoms with Crippen molar-refractivity contribution in [2.45, 2.75) is 0 Å². The Morgan fingerprint density at radius 1 is 1.25 bits per heavy atom. The van der Waals surface area contributed by atoms with Crippen molar-refractivity contribution >= 4 is 13.9 Å². The first kappa shape index (κ1) is 11.0. The summed E-state index contributed by atoms with van der Waals surface area (Å²) in [6.45, 7) is 0.536. The quantitative estimate of drug-likeness (QED) is 0.768. The summed E-state index contributed by atoms with van der Waals surface area (Å²) in [4.78, 5) is 0. The van der Waals surface area contributed by atoms with Crippen LogP contribution in [0.15, 0.2) is 35.1 Å². The normalized spacial score (nSPS) is 18.2. The van der Waals surface area contributed by atoms with Crippen LogP contribution in [0.2, 0.25) is 0 Å². The van der Waals surface area contributed by atoms with Gasteiger partial charge in [-0.05, 0) is 12.1 Å². The average Bonchev–Trinajstić information content (AvgIpc) is 2.70. The van der Waals surface area contributed by atoms with Crippen molar-refractivity contribution in [2.75, 3.05) is 13.2 Å². The van der Waals surface area contributed by atoms with Crippen molar-refractivity contribution in [1.82, 2.24) is 0 Å². The third kappa shape index (κ3) is 2.97. The van der Waals surface area contributed by atoms with Crippen molar-refractivity contribution < 1.29 is 22.8 Å². The van der Waals surface area contributed by atoms with Crippen LogP contribution in [-0.4, -0.2) is 19.3 Å². The van der Waals surface area contributed by atoms with E-state index in [1.165, 1.54) is 12.1 Å². The van der Waals surface area contributed by atoms with Gasteiger partial charge in [-0.25, -0.2) is 4.57 Å². The zero-order chi connectivity index (χ0) is 11.4. The Morgan fingerprint density at radius 2 is 1.88 bits per heavy atom. The molecule has 86 valence electrons. The van der Waals surface area contributed by atoms with Gasteiger partial charge < -0.3 is 14.0 Å². The Bertz CT molecular complexity index is 428. The van der Waals surface area contributed by atoms with Gasteiger partial charge in [0.15, 0.2) is 0 Å². The Balaban J connectivity index is 2.08. The maximum Gasteiger partial charge on any atom is 0.552 e. The van der Waals surface area contributed by atoms with E-state index in [-0.39, 0.29) is 25.0 Å². The van der Waals surface area contributed by atoms with Crippen LogP contribution in [0.25, 0.3) is 0 Å². The standard InChI is InChI=1S/C9H9FNO4P/c10-16(12,11-9-13-6-7-14-9)15-8-4-2-1-3-5-8/h1-5H,6-7H2. The van der Waals surface area contributed by atoms with Gasteiger partial charge in [0.1, 0.15) is 19.0 Å². The SMILES string of the molecule is O=P(F)(N=C1OCCO1)Oc1ccccc1. The molecule has 1 aliphatic rings. The number of hydrogen-bond acceptors (Lipinski definition) is 4. The van der Waals surface area contributed by atoms with Crippen molar-refractivity contribution in [2.24, 2.45) is 4.76 Å². The number of ether oxygens (including phenoxy) is 2. The zero-order valence-corrected chi connectivity index (χ0v) is 9.10. The molecule has 1 aliphatic heterocycles. The van der Waals surface area contributed by atoms with Gasteiger partial charge in [0.2, 0.25) is 0 Å². The predicted octanol–water partition coefficient (Wildman–Crippen LogP) is 2.55. The maximum absolute atomic E-state index is 13.4. The summed E-state index contributed by atoms with van der Waals surface area (Å²) >= 11 is 0. The highest BCUT2D eigenvalue weighted by Gasteiger charge is 2.27. The number of hydrogen-bond donors (Lipinski definition) is 0. The molecule has 0 bridgehead atoms. The molecular weight excluding hydrogens is 236 g/mol. The van der Waals surface area contributed by atoms with E-state index in [9.17, 15) is 8.76 Å². The minimum Gasteiger partial charge on any atom is -0.447 e. The van der Waals surface area contributed by atoms with E-state index in [4.69, 9.17) is 9.47 Å². The number of benzene rings is 1. The number of halogens is 1. The van der Waals surface area contributed by atoms with Crippen LogP contribution in [0, 0.1) is 0 Å². The Morgan fingerprint density at radius 3 is 2.50 bits per heavy atom. The Hall–Kier alpha value is -1.55. The van der Waals surface area contributed by atoms with Gasteiger partial charge in [-0.2, -0.15) is 0 Å². The molecule has 0 aliphatic carbocycles. The molecule has 0 N–H and O–H groups in total. The summed E-state index contributed by atoms with van der Waals surface area (Å²) < 4.78 is 42.0. The van der Waals surface area contributed by atoms with Crippen LogP contribution >= 0.6 is 7.83 Å². The van der Waals surface area contributed by atoms with E-state index in [2.05, 4.69) is 9.29 Å². The van der Waals surface area contributed by atoms with Gasteiger partial charge in [-0.3, -0.25) is 0 Å². The zero-order valence-electron chi connectivity index (χ0n) is 8.21. The summed E-state index contributed by atoms with van der Waals surface area (Å²) in [5.74, 6) is 0.135. The van der Waals surface area contributed by atoms with Gasteiger partial charge in [-0.15, -0.1) is 4.20 Å². The van der Waals surface area contributed by atoms with E-state index in [1.807, 2.05) is 0 Å². The van der Waals surface area contributed by atoms with E-state index in [0.717, 1.165) is 0 Å². The molecule has 0 spiro atoms. The minimum atomic E-state index is -4.63. The Kier molecular flexibility index (Phi) is 3.10. The predicted molar refractivity (Wildman–Crippen MR) is 55.1 cm³/mol. The first-order valence-corrected chi connectivity index (χ1v) is 6.03. The van der Waals surface area contributed by atoms with Gasteiger partial charge in [0, 0.05) is 0 Å². The maximum atomic E-state index is 13.4. The minimum absolute atomic E-state index is 0.135. The molecule has 5 nitrogen and oxygen atoms in total. The van der Waals surface area contributed by atoms with Crippen molar-refractivity contribution in [3.8, 4) is 5.75 Å². The highest BCUT2D eigenvalue weighted by atomic mass is 31.2. The van der Waals surface area contributed by atoms with Gasteiger partial charge in [-0.1, -0.05) is 23.0 Å². The fourth-order valence-corrected chi connectivity index (χ4v) is 1.82. The smallest absolute Gasteiger partial charge is 0.447 e. The summed E-state index contributed by atoms with van der Waals surface area (Å²) in [5, 5.41) is 0. The van der Waals surface area contributed by atoms with Gasteiger partial charge in [0.05, 0.1) is 0 Å². The second-order valence-corrected chi connectivity index (χ2v) is 4.20. The first-order chi connectivity index (χ1) is 7.66. The third-order valence-corrected chi connectivity index (χ3v) is 2.53. The molecule has 2 rings (SSSR count). The van der Waals surface area contributed by atoms with Crippen LogP contribution in [0.1, 0.15) is 0 Å². The van der Waals surface area contributed by atoms with E-state index < -0.39 is 7.83 Å². The molecule has 1 fully saturated rings. The first-order valence-electron chi connectivity index (χ1n) is 4.56. The summed E-state index contributed by atoms with van der Waals surface area (Å²) in [6, 6.07) is 7.94. The fourth-order valence-electron chi connectivity index (χ4n) is 1.09. The largest absolute Gasteiger partial charge is 0.552 e. The summed E-state index contributed by atoms with van der Waals surface area (Å²) in [7, 11) is -4.63. The lowest BCUT2D eigenvalue weighted by atomic mass is 10.3. The van der Waals surface area contributed by atoms with Gasteiger partial charge in [0.25, 0.3) is 0 Å². The molecule has 1 aromatic carbocycles. The summed E-state index contributed by atoms with van der Waals surface area (Å²) in [5.41, 5.74) is 0. The fraction of sp³-hybridized carbons (Fsp3) is 0.222. The van der Waals surface area contributed by atoms with Crippen LogP contribution in [0.4, 0.5) is 4.20 Å². The molecule has 0 radical (unpaired) electrons. The van der Waals surface area contributed by atoms with E-state index in [1.54, 1.807) is 18.2 Å². The number of nitrogens with zero attached hydrogens (tertiary/aromatic N) is 1. The van der Waals surface area contributed by atoms with Crippen LogP contribution in [-0.2, 0) is 14.0 Å². The summed E-state index contributed by atoms with van der Waals surface area (Å²) in [6.07, 6.45) is -0.332. The lowest BCUT2D eigenvalue weighted by Crippen LogP contribution is -1.97. The number of para-hydroxylation sites is 1. The van der Waals surface area contributed by atoms with Crippen molar-refractivity contribution in [1.29, 1.82) is 0 Å². The molecule has 0 saturated carbocycles. The molecular formula is C9H9FNO4P. The molecule has 1 atom stereocenters. The van der Waals surface area contributed by atoms with E-state index >= 15 is 0 Å². The van der Waals surface area contributed by atoms with E-state index in [0.29, 0.717) is 0 Å². The molecule has 0 aromatic heterocycles. The molecule has 0 amide bonds.